The number of hydrogen-bond acceptors (Lipinski definition) is 11. The van der Waals surface area contributed by atoms with Crippen LogP contribution in [0.5, 0.6) is 0 Å². The Labute approximate surface area is 239 Å². The summed E-state index contributed by atoms with van der Waals surface area (Å²) in [7, 11) is 0. The van der Waals surface area contributed by atoms with Crippen molar-refractivity contribution in [3.05, 3.63) is 108 Å². The number of benzene rings is 2. The normalized spacial score (nSPS) is 14.3. The highest BCUT2D eigenvalue weighted by Gasteiger charge is 2.28. The lowest BCUT2D eigenvalue weighted by Crippen LogP contribution is -2.36. The molecule has 1 aromatic heterocycles. The average Bonchev–Trinajstić information content (AvgIpc) is 3.43. The number of amidine groups is 1. The highest BCUT2D eigenvalue weighted by atomic mass is 16.2. The second-order valence-corrected chi connectivity index (χ2v) is 9.74. The zero-order chi connectivity index (χ0) is 30.0. The predicted molar refractivity (Wildman–Crippen MR) is 156 cm³/mol. The Kier molecular flexibility index (Phi) is 7.62. The van der Waals surface area contributed by atoms with E-state index in [9.17, 15) is 19.2 Å². The largest absolute Gasteiger partial charge is 0.394 e. The highest BCUT2D eigenvalue weighted by molar-refractivity contribution is 6.00. The van der Waals surface area contributed by atoms with Crippen molar-refractivity contribution in [3.63, 3.8) is 0 Å². The van der Waals surface area contributed by atoms with Crippen molar-refractivity contribution in [2.24, 2.45) is 16.8 Å². The fourth-order valence-electron chi connectivity index (χ4n) is 5.02. The Morgan fingerprint density at radius 2 is 1.81 bits per heavy atom. The number of carbonyl (C=O) groups excluding carboxylic acids is 2. The molecular formula is C28H28N10O4. The Balaban J connectivity index is 1.22. The van der Waals surface area contributed by atoms with Gasteiger partial charge in [0.25, 0.3) is 22.7 Å². The van der Waals surface area contributed by atoms with E-state index < -0.39 is 22.7 Å². The maximum atomic E-state index is 13.1. The van der Waals surface area contributed by atoms with Gasteiger partial charge in [-0.15, -0.1) is 0 Å². The fourth-order valence-corrected chi connectivity index (χ4v) is 5.02. The second-order valence-electron chi connectivity index (χ2n) is 9.74. The van der Waals surface area contributed by atoms with Gasteiger partial charge in [-0.3, -0.25) is 19.2 Å². The van der Waals surface area contributed by atoms with E-state index in [-0.39, 0.29) is 35.3 Å². The molecular weight excluding hydrogens is 540 g/mol. The molecule has 1 atom stereocenters. The summed E-state index contributed by atoms with van der Waals surface area (Å²) in [6, 6.07) is 11.8. The average molecular weight is 569 g/mol. The third kappa shape index (κ3) is 5.25. The molecule has 14 nitrogen and oxygen atoms in total. The van der Waals surface area contributed by atoms with Gasteiger partial charge in [0.05, 0.1) is 6.04 Å². The summed E-state index contributed by atoms with van der Waals surface area (Å²) in [5.41, 5.74) is 11.8. The van der Waals surface area contributed by atoms with Crippen molar-refractivity contribution in [1.29, 1.82) is 0 Å². The first-order valence-corrected chi connectivity index (χ1v) is 12.9. The van der Waals surface area contributed by atoms with Crippen molar-refractivity contribution in [2.45, 2.75) is 32.4 Å². The van der Waals surface area contributed by atoms with Gasteiger partial charge < -0.3 is 33.0 Å². The van der Waals surface area contributed by atoms with E-state index in [2.05, 4.69) is 36.4 Å². The number of rotatable bonds is 8. The van der Waals surface area contributed by atoms with E-state index >= 15 is 0 Å². The molecule has 2 amide bonds. The number of nitrogens with zero attached hydrogens (tertiary/aromatic N) is 3. The summed E-state index contributed by atoms with van der Waals surface area (Å²) in [6.45, 7) is 2.09. The van der Waals surface area contributed by atoms with E-state index in [0.29, 0.717) is 23.5 Å². The minimum atomic E-state index is -0.714. The van der Waals surface area contributed by atoms with Crippen LogP contribution in [0.3, 0.4) is 0 Å². The Morgan fingerprint density at radius 3 is 2.52 bits per heavy atom. The van der Waals surface area contributed by atoms with Gasteiger partial charge in [0.15, 0.2) is 5.84 Å². The number of anilines is 3. The van der Waals surface area contributed by atoms with Gasteiger partial charge >= 0.3 is 0 Å². The van der Waals surface area contributed by atoms with Crippen LogP contribution in [0.25, 0.3) is 0 Å². The molecule has 1 unspecified atom stereocenters. The molecule has 1 aliphatic rings. The van der Waals surface area contributed by atoms with E-state index in [1.54, 1.807) is 24.3 Å². The first kappa shape index (κ1) is 27.9. The molecule has 0 radical (unpaired) electrons. The van der Waals surface area contributed by atoms with Crippen molar-refractivity contribution >= 4 is 34.7 Å². The van der Waals surface area contributed by atoms with Crippen LogP contribution >= 0.6 is 0 Å². The molecule has 5 rings (SSSR count). The number of amides is 2. The number of fused-ring (bicyclic) bond motifs is 1. The quantitative estimate of drug-likeness (QED) is 0.0496. The number of nitrogens with one attached hydrogen (secondary N) is 4. The Morgan fingerprint density at radius 1 is 1.05 bits per heavy atom. The maximum absolute atomic E-state index is 13.1. The van der Waals surface area contributed by atoms with E-state index in [4.69, 9.17) is 17.4 Å². The molecule has 0 fully saturated rings. The molecule has 42 heavy (non-hydrogen) atoms. The number of carbonyl (C=O) groups is 2. The maximum Gasteiger partial charge on any atom is 0.270 e. The van der Waals surface area contributed by atoms with Gasteiger partial charge in [-0.2, -0.15) is 5.10 Å². The predicted octanol–water partition coefficient (Wildman–Crippen LogP) is 0.138. The Bertz CT molecular complexity index is 1810. The van der Waals surface area contributed by atoms with Gasteiger partial charge in [0.1, 0.15) is 29.1 Å². The number of hydrazine groups is 1. The summed E-state index contributed by atoms with van der Waals surface area (Å²) in [4.78, 5) is 57.0. The smallest absolute Gasteiger partial charge is 0.270 e. The first-order chi connectivity index (χ1) is 20.2. The summed E-state index contributed by atoms with van der Waals surface area (Å²) in [5, 5.41) is 12.3. The van der Waals surface area contributed by atoms with Crippen LogP contribution in [-0.4, -0.2) is 27.6 Å². The summed E-state index contributed by atoms with van der Waals surface area (Å²) in [5.74, 6) is 10.4. The third-order valence-electron chi connectivity index (χ3n) is 7.25. The fraction of sp³-hybridized carbons (Fsp3) is 0.179. The second kappa shape index (κ2) is 11.5. The summed E-state index contributed by atoms with van der Waals surface area (Å²) < 4.78 is 0. The van der Waals surface area contributed by atoms with Crippen molar-refractivity contribution in [1.82, 2.24) is 26.0 Å². The molecule has 10 N–H and O–H groups in total. The molecule has 0 spiro atoms. The molecule has 4 aromatic rings. The molecule has 0 bridgehead atoms. The van der Waals surface area contributed by atoms with Crippen LogP contribution < -0.4 is 49.7 Å². The van der Waals surface area contributed by atoms with Gasteiger partial charge in [-0.1, -0.05) is 24.3 Å². The van der Waals surface area contributed by atoms with Crippen LogP contribution in [0, 0.1) is 6.92 Å². The van der Waals surface area contributed by atoms with Crippen LogP contribution in [0.2, 0.25) is 0 Å². The molecule has 214 valence electrons. The van der Waals surface area contributed by atoms with E-state index in [0.717, 1.165) is 35.0 Å². The zero-order valence-electron chi connectivity index (χ0n) is 22.5. The van der Waals surface area contributed by atoms with Crippen LogP contribution in [-0.2, 0) is 13.0 Å². The number of hydrazone groups is 1. The summed E-state index contributed by atoms with van der Waals surface area (Å²) >= 11 is 0. The zero-order valence-corrected chi connectivity index (χ0v) is 22.5. The molecule has 0 aliphatic heterocycles. The molecule has 0 saturated heterocycles. The van der Waals surface area contributed by atoms with Gasteiger partial charge in [0.2, 0.25) is 0 Å². The Hall–Kier alpha value is -5.63. The molecule has 14 heteroatoms. The molecule has 1 heterocycles. The minimum Gasteiger partial charge on any atom is -0.394 e. The highest BCUT2D eigenvalue weighted by Crippen LogP contribution is 2.35. The number of aromatic nitrogens is 2. The molecule has 0 saturated carbocycles. The topological polar surface area (TPSA) is 233 Å². The lowest BCUT2D eigenvalue weighted by Gasteiger charge is -2.16. The number of nitrogens with two attached hydrogens (primary N) is 3. The monoisotopic (exact) mass is 568 g/mol. The standard InChI is InChI=1S/C28H28N10O4/c1-13-16-7-8-19(18(16)6-5-17(13)26(37-30)38-31)36-28(42)21-10-20(33-12-34-21)27(41)32-11-14-3-2-4-15(9-14)35-23-22(29)24(39)25(23)40/h2-6,9-10,12,19,35H,7-8,11,29-31H2,1H3,(H,32,41)(H,36,42)(H,37,38). The summed E-state index contributed by atoms with van der Waals surface area (Å²) in [6.07, 6.45) is 2.60. The minimum absolute atomic E-state index is 0.0242. The first-order valence-electron chi connectivity index (χ1n) is 12.9. The molecule has 1 aliphatic carbocycles. The number of nitrogen functional groups attached to an aromatic ring is 1. The van der Waals surface area contributed by atoms with Crippen LogP contribution in [0.4, 0.5) is 17.1 Å². The lowest BCUT2D eigenvalue weighted by molar-refractivity contribution is 0.0931. The third-order valence-corrected chi connectivity index (χ3v) is 7.25. The SMILES string of the molecule is Cc1c(/C(=N/N)NN)ccc2c1CCC2NC(=O)c1cc(C(=O)NCc2cccc(Nc3c(N)c(=O)c3=O)c2)ncn1. The van der Waals surface area contributed by atoms with Crippen molar-refractivity contribution < 1.29 is 9.59 Å². The van der Waals surface area contributed by atoms with E-state index in [1.807, 2.05) is 19.1 Å². The van der Waals surface area contributed by atoms with Gasteiger partial charge in [-0.05, 0) is 54.2 Å². The number of hydrogen-bond donors (Lipinski definition) is 7. The van der Waals surface area contributed by atoms with E-state index in [1.165, 1.54) is 6.07 Å². The van der Waals surface area contributed by atoms with Crippen LogP contribution in [0.1, 0.15) is 61.3 Å². The van der Waals surface area contributed by atoms with Crippen LogP contribution in [0.15, 0.2) is 63.5 Å². The van der Waals surface area contributed by atoms with Gasteiger partial charge in [0, 0.05) is 23.9 Å². The van der Waals surface area contributed by atoms with Crippen molar-refractivity contribution in [2.75, 3.05) is 11.1 Å². The molecule has 3 aromatic carbocycles. The lowest BCUT2D eigenvalue weighted by atomic mass is 9.97. The van der Waals surface area contributed by atoms with Crippen molar-refractivity contribution in [3.8, 4) is 0 Å². The van der Waals surface area contributed by atoms with Gasteiger partial charge in [-0.25, -0.2) is 15.8 Å².